The minimum Gasteiger partial charge on any atom is -0.482 e. The summed E-state index contributed by atoms with van der Waals surface area (Å²) < 4.78 is 18.9. The van der Waals surface area contributed by atoms with Crippen molar-refractivity contribution in [3.63, 3.8) is 0 Å². The second-order valence-electron chi connectivity index (χ2n) is 4.13. The molecule has 0 aliphatic carbocycles. The van der Waals surface area contributed by atoms with Crippen LogP contribution in [0.15, 0.2) is 40.9 Å². The molecule has 5 nitrogen and oxygen atoms in total. The van der Waals surface area contributed by atoms with E-state index in [1.54, 1.807) is 0 Å². The second kappa shape index (κ2) is 6.45. The first-order chi connectivity index (χ1) is 10.0. The minimum atomic E-state index is -0.594. The molecule has 0 saturated carbocycles. The van der Waals surface area contributed by atoms with Crippen LogP contribution in [0.5, 0.6) is 5.75 Å². The van der Waals surface area contributed by atoms with Crippen LogP contribution in [0.1, 0.15) is 15.9 Å². The van der Waals surface area contributed by atoms with E-state index >= 15 is 0 Å². The van der Waals surface area contributed by atoms with Gasteiger partial charge in [0.25, 0.3) is 0 Å². The van der Waals surface area contributed by atoms with E-state index in [2.05, 4.69) is 15.9 Å². The first-order valence-corrected chi connectivity index (χ1v) is 6.61. The van der Waals surface area contributed by atoms with E-state index in [4.69, 9.17) is 4.74 Å². The van der Waals surface area contributed by atoms with Gasteiger partial charge in [0, 0.05) is 21.7 Å². The molecule has 0 amide bonds. The number of hydrogen-bond donors (Lipinski definition) is 0. The van der Waals surface area contributed by atoms with Crippen molar-refractivity contribution in [2.75, 3.05) is 0 Å². The van der Waals surface area contributed by atoms with Gasteiger partial charge in [0.05, 0.1) is 4.92 Å². The maximum atomic E-state index is 13.0. The SMILES string of the molecule is O=Cc1ccc([N+](=O)[O-])c(OCc2ccc(F)cc2Br)c1. The number of nitrogens with zero attached hydrogens (tertiary/aromatic N) is 1. The molecule has 21 heavy (non-hydrogen) atoms. The summed E-state index contributed by atoms with van der Waals surface area (Å²) in [6.45, 7) is 0.00398. The van der Waals surface area contributed by atoms with Crippen molar-refractivity contribution in [2.24, 2.45) is 0 Å². The molecule has 0 saturated heterocycles. The van der Waals surface area contributed by atoms with Crippen molar-refractivity contribution in [3.05, 3.63) is 67.9 Å². The molecule has 0 aliphatic rings. The van der Waals surface area contributed by atoms with Gasteiger partial charge in [-0.25, -0.2) is 4.39 Å². The first-order valence-electron chi connectivity index (χ1n) is 5.81. The van der Waals surface area contributed by atoms with E-state index in [1.807, 2.05) is 0 Å². The molecule has 0 N–H and O–H groups in total. The third kappa shape index (κ3) is 3.63. The maximum absolute atomic E-state index is 13.0. The van der Waals surface area contributed by atoms with Crippen molar-refractivity contribution in [1.29, 1.82) is 0 Å². The predicted octanol–water partition coefficient (Wildman–Crippen LogP) is 3.89. The molecule has 0 spiro atoms. The Morgan fingerprint density at radius 3 is 2.67 bits per heavy atom. The number of nitro benzene ring substituents is 1. The fourth-order valence-electron chi connectivity index (χ4n) is 1.66. The lowest BCUT2D eigenvalue weighted by molar-refractivity contribution is -0.385. The summed E-state index contributed by atoms with van der Waals surface area (Å²) in [5.74, 6) is -0.416. The third-order valence-corrected chi connectivity index (χ3v) is 3.45. The summed E-state index contributed by atoms with van der Waals surface area (Å²) in [5, 5.41) is 10.9. The summed E-state index contributed by atoms with van der Waals surface area (Å²) in [4.78, 5) is 21.1. The average Bonchev–Trinajstić information content (AvgIpc) is 2.45. The smallest absolute Gasteiger partial charge is 0.310 e. The van der Waals surface area contributed by atoms with E-state index in [-0.39, 0.29) is 23.6 Å². The zero-order chi connectivity index (χ0) is 15.4. The minimum absolute atomic E-state index is 0.00398. The van der Waals surface area contributed by atoms with E-state index in [0.29, 0.717) is 16.3 Å². The van der Waals surface area contributed by atoms with Gasteiger partial charge in [-0.3, -0.25) is 14.9 Å². The molecule has 0 unspecified atom stereocenters. The molecule has 0 radical (unpaired) electrons. The number of nitro groups is 1. The first kappa shape index (κ1) is 15.1. The van der Waals surface area contributed by atoms with Crippen LogP contribution < -0.4 is 4.74 Å². The van der Waals surface area contributed by atoms with E-state index in [1.165, 1.54) is 36.4 Å². The highest BCUT2D eigenvalue weighted by atomic mass is 79.9. The van der Waals surface area contributed by atoms with Crippen LogP contribution in [0.2, 0.25) is 0 Å². The zero-order valence-electron chi connectivity index (χ0n) is 10.6. The summed E-state index contributed by atoms with van der Waals surface area (Å²) in [7, 11) is 0. The third-order valence-electron chi connectivity index (χ3n) is 2.71. The van der Waals surface area contributed by atoms with Crippen molar-refractivity contribution in [3.8, 4) is 5.75 Å². The lowest BCUT2D eigenvalue weighted by Gasteiger charge is -2.09. The van der Waals surface area contributed by atoms with Crippen LogP contribution >= 0.6 is 15.9 Å². The Morgan fingerprint density at radius 1 is 1.29 bits per heavy atom. The van der Waals surface area contributed by atoms with Crippen LogP contribution in [0.4, 0.5) is 10.1 Å². The normalized spacial score (nSPS) is 10.2. The lowest BCUT2D eigenvalue weighted by atomic mass is 10.2. The molecule has 0 aromatic heterocycles. The summed E-state index contributed by atoms with van der Waals surface area (Å²) in [6, 6.07) is 7.89. The Balaban J connectivity index is 2.26. The summed E-state index contributed by atoms with van der Waals surface area (Å²) in [5.41, 5.74) is 0.662. The Labute approximate surface area is 127 Å². The monoisotopic (exact) mass is 353 g/mol. The molecular weight excluding hydrogens is 345 g/mol. The Bertz CT molecular complexity index is 705. The molecule has 2 aromatic carbocycles. The van der Waals surface area contributed by atoms with Gasteiger partial charge in [-0.15, -0.1) is 0 Å². The van der Waals surface area contributed by atoms with Crippen molar-refractivity contribution < 1.29 is 18.8 Å². The topological polar surface area (TPSA) is 69.4 Å². The number of carbonyl (C=O) groups is 1. The number of hydrogen-bond acceptors (Lipinski definition) is 4. The number of halogens is 2. The Morgan fingerprint density at radius 2 is 2.05 bits per heavy atom. The number of rotatable bonds is 5. The molecule has 108 valence electrons. The Kier molecular flexibility index (Phi) is 4.64. The second-order valence-corrected chi connectivity index (χ2v) is 4.98. The van der Waals surface area contributed by atoms with E-state index < -0.39 is 10.7 Å². The number of carbonyl (C=O) groups excluding carboxylic acids is 1. The van der Waals surface area contributed by atoms with Gasteiger partial charge in [0.15, 0.2) is 5.75 Å². The van der Waals surface area contributed by atoms with Crippen LogP contribution in [0.25, 0.3) is 0 Å². The van der Waals surface area contributed by atoms with Gasteiger partial charge in [0.1, 0.15) is 18.7 Å². The van der Waals surface area contributed by atoms with Gasteiger partial charge in [0.2, 0.25) is 0 Å². The average molecular weight is 354 g/mol. The fourth-order valence-corrected chi connectivity index (χ4v) is 2.13. The fraction of sp³-hybridized carbons (Fsp3) is 0.0714. The number of benzene rings is 2. The molecule has 0 aliphatic heterocycles. The zero-order valence-corrected chi connectivity index (χ0v) is 12.2. The van der Waals surface area contributed by atoms with Crippen molar-refractivity contribution >= 4 is 27.9 Å². The van der Waals surface area contributed by atoms with Gasteiger partial charge < -0.3 is 4.74 Å². The van der Waals surface area contributed by atoms with Gasteiger partial charge in [-0.1, -0.05) is 22.0 Å². The number of aldehydes is 1. The highest BCUT2D eigenvalue weighted by Crippen LogP contribution is 2.29. The molecule has 0 fully saturated rings. The van der Waals surface area contributed by atoms with E-state index in [0.717, 1.165) is 0 Å². The van der Waals surface area contributed by atoms with Crippen LogP contribution in [0.3, 0.4) is 0 Å². The maximum Gasteiger partial charge on any atom is 0.310 e. The predicted molar refractivity (Wildman–Crippen MR) is 76.9 cm³/mol. The number of ether oxygens (including phenoxy) is 1. The highest BCUT2D eigenvalue weighted by molar-refractivity contribution is 9.10. The van der Waals surface area contributed by atoms with Crippen LogP contribution in [-0.4, -0.2) is 11.2 Å². The van der Waals surface area contributed by atoms with E-state index in [9.17, 15) is 19.3 Å². The largest absolute Gasteiger partial charge is 0.482 e. The van der Waals surface area contributed by atoms with Gasteiger partial charge >= 0.3 is 5.69 Å². The summed E-state index contributed by atoms with van der Waals surface area (Å²) >= 11 is 3.19. The summed E-state index contributed by atoms with van der Waals surface area (Å²) in [6.07, 6.45) is 0.574. The molecule has 0 atom stereocenters. The van der Waals surface area contributed by atoms with Crippen LogP contribution in [0, 0.1) is 15.9 Å². The standard InChI is InChI=1S/C14H9BrFNO4/c15-12-6-11(16)3-2-10(12)8-21-14-5-9(7-18)1-4-13(14)17(19)20/h1-7H,8H2. The molecular formula is C14H9BrFNO4. The molecule has 2 rings (SSSR count). The molecule has 0 bridgehead atoms. The quantitative estimate of drug-likeness (QED) is 0.464. The van der Waals surface area contributed by atoms with Gasteiger partial charge in [-0.05, 0) is 24.3 Å². The lowest BCUT2D eigenvalue weighted by Crippen LogP contribution is -2.01. The van der Waals surface area contributed by atoms with Crippen LogP contribution in [-0.2, 0) is 6.61 Å². The van der Waals surface area contributed by atoms with Crippen molar-refractivity contribution in [1.82, 2.24) is 0 Å². The molecule has 7 heteroatoms. The molecule has 0 heterocycles. The van der Waals surface area contributed by atoms with Crippen molar-refractivity contribution in [2.45, 2.75) is 6.61 Å². The molecule has 2 aromatic rings. The Hall–Kier alpha value is -2.28. The highest BCUT2D eigenvalue weighted by Gasteiger charge is 2.16. The van der Waals surface area contributed by atoms with Gasteiger partial charge in [-0.2, -0.15) is 0 Å².